The third-order valence-electron chi connectivity index (χ3n) is 3.44. The first-order valence-corrected chi connectivity index (χ1v) is 5.90. The van der Waals surface area contributed by atoms with Crippen LogP contribution in [0.15, 0.2) is 24.3 Å². The Hall–Kier alpha value is -0.850. The van der Waals surface area contributed by atoms with Gasteiger partial charge in [0.25, 0.3) is 0 Å². The zero-order valence-corrected chi connectivity index (χ0v) is 9.54. The molecule has 1 aromatic rings. The van der Waals surface area contributed by atoms with Crippen LogP contribution in [0.2, 0.25) is 0 Å². The predicted molar refractivity (Wildman–Crippen MR) is 62.0 cm³/mol. The summed E-state index contributed by atoms with van der Waals surface area (Å²) in [5.41, 5.74) is 2.69. The van der Waals surface area contributed by atoms with Crippen molar-refractivity contribution >= 4 is 0 Å². The summed E-state index contributed by atoms with van der Waals surface area (Å²) in [4.78, 5) is 0. The van der Waals surface area contributed by atoms with Gasteiger partial charge in [0, 0.05) is 0 Å². The van der Waals surface area contributed by atoms with Crippen LogP contribution in [-0.2, 0) is 0 Å². The molecular weight excluding hydrogens is 187 g/mol. The predicted octanol–water partition coefficient (Wildman–Crippen LogP) is 4.42. The second-order valence-electron chi connectivity index (χ2n) is 4.93. The van der Waals surface area contributed by atoms with Gasteiger partial charge >= 0.3 is 0 Å². The second kappa shape index (κ2) is 4.34. The summed E-state index contributed by atoms with van der Waals surface area (Å²) in [7, 11) is 0. The lowest BCUT2D eigenvalue weighted by atomic mass is 9.94. The van der Waals surface area contributed by atoms with Crippen LogP contribution in [0.3, 0.4) is 0 Å². The van der Waals surface area contributed by atoms with E-state index in [2.05, 4.69) is 38.1 Å². The Morgan fingerprint density at radius 2 is 1.80 bits per heavy atom. The normalized spacial score (nSPS) is 26.1. The van der Waals surface area contributed by atoms with Gasteiger partial charge in [-0.2, -0.15) is 0 Å². The Morgan fingerprint density at radius 1 is 1.13 bits per heavy atom. The molecule has 1 aromatic carbocycles. The van der Waals surface area contributed by atoms with Gasteiger partial charge in [0.2, 0.25) is 0 Å². The molecule has 0 bridgehead atoms. The summed E-state index contributed by atoms with van der Waals surface area (Å²) in [5, 5.41) is 0. The largest absolute Gasteiger partial charge is 0.247 e. The molecule has 0 N–H and O–H groups in total. The molecule has 0 heterocycles. The molecule has 82 valence electrons. The van der Waals surface area contributed by atoms with Crippen LogP contribution < -0.4 is 0 Å². The maximum Gasteiger partial charge on any atom is 0.101 e. The van der Waals surface area contributed by atoms with Gasteiger partial charge < -0.3 is 0 Å². The Kier molecular flexibility index (Phi) is 3.08. The highest BCUT2D eigenvalue weighted by Gasteiger charge is 2.25. The lowest BCUT2D eigenvalue weighted by Crippen LogP contribution is -1.96. The molecule has 1 saturated carbocycles. The number of hydrogen-bond acceptors (Lipinski definition) is 0. The van der Waals surface area contributed by atoms with E-state index in [1.54, 1.807) is 0 Å². The van der Waals surface area contributed by atoms with Crippen molar-refractivity contribution < 1.29 is 4.39 Å². The Balaban J connectivity index is 2.10. The molecule has 0 radical (unpaired) electrons. The van der Waals surface area contributed by atoms with E-state index < -0.39 is 6.17 Å². The third kappa shape index (κ3) is 2.39. The van der Waals surface area contributed by atoms with E-state index in [1.807, 2.05) is 0 Å². The van der Waals surface area contributed by atoms with Crippen LogP contribution in [0.1, 0.15) is 56.1 Å². The summed E-state index contributed by atoms with van der Waals surface area (Å²) < 4.78 is 13.1. The summed E-state index contributed by atoms with van der Waals surface area (Å²) in [6.45, 7) is 4.39. The quantitative estimate of drug-likeness (QED) is 0.672. The van der Waals surface area contributed by atoms with E-state index in [-0.39, 0.29) is 0 Å². The average Bonchev–Trinajstić information content (AvgIpc) is 2.65. The van der Waals surface area contributed by atoms with Crippen molar-refractivity contribution in [2.24, 2.45) is 0 Å². The first-order chi connectivity index (χ1) is 7.16. The van der Waals surface area contributed by atoms with Gasteiger partial charge in [-0.15, -0.1) is 0 Å². The molecule has 0 saturated heterocycles. The maximum absolute atomic E-state index is 13.1. The van der Waals surface area contributed by atoms with Crippen molar-refractivity contribution in [1.29, 1.82) is 0 Å². The van der Waals surface area contributed by atoms with Crippen LogP contribution in [0.25, 0.3) is 0 Å². The van der Waals surface area contributed by atoms with Crippen molar-refractivity contribution in [2.45, 2.75) is 51.1 Å². The number of benzene rings is 1. The van der Waals surface area contributed by atoms with E-state index in [9.17, 15) is 4.39 Å². The van der Waals surface area contributed by atoms with Crippen LogP contribution in [0, 0.1) is 0 Å². The van der Waals surface area contributed by atoms with Crippen molar-refractivity contribution in [3.05, 3.63) is 35.4 Å². The fourth-order valence-electron chi connectivity index (χ4n) is 2.38. The topological polar surface area (TPSA) is 0 Å². The molecule has 0 aliphatic heterocycles. The zero-order chi connectivity index (χ0) is 10.8. The van der Waals surface area contributed by atoms with Crippen molar-refractivity contribution in [3.8, 4) is 0 Å². The molecule has 1 fully saturated rings. The summed E-state index contributed by atoms with van der Waals surface area (Å²) >= 11 is 0. The lowest BCUT2D eigenvalue weighted by molar-refractivity contribution is 0.339. The first-order valence-electron chi connectivity index (χ1n) is 5.90. The van der Waals surface area contributed by atoms with Gasteiger partial charge in [-0.1, -0.05) is 38.1 Å². The third-order valence-corrected chi connectivity index (χ3v) is 3.44. The van der Waals surface area contributed by atoms with Crippen molar-refractivity contribution in [2.75, 3.05) is 0 Å². The molecular formula is C14H19F. The van der Waals surface area contributed by atoms with Gasteiger partial charge in [0.05, 0.1) is 0 Å². The Morgan fingerprint density at radius 3 is 2.27 bits per heavy atom. The average molecular weight is 206 g/mol. The molecule has 1 unspecified atom stereocenters. The number of halogens is 1. The number of hydrogen-bond donors (Lipinski definition) is 0. The van der Waals surface area contributed by atoms with Crippen molar-refractivity contribution in [1.82, 2.24) is 0 Å². The van der Waals surface area contributed by atoms with Gasteiger partial charge in [-0.25, -0.2) is 4.39 Å². The monoisotopic (exact) mass is 206 g/mol. The standard InChI is InChI=1S/C14H19F/c1-10(2)11-3-5-12(6-4-11)13-7-8-14(15)9-13/h3-6,10,13-14H,7-9H2,1-2H3/t13?,14-/m1/s1. The highest BCUT2D eigenvalue weighted by atomic mass is 19.1. The molecule has 0 amide bonds. The first kappa shape index (κ1) is 10.7. The molecule has 0 spiro atoms. The van der Waals surface area contributed by atoms with Gasteiger partial charge in [0.15, 0.2) is 0 Å². The Bertz CT molecular complexity index is 313. The summed E-state index contributed by atoms with van der Waals surface area (Å²) in [6.07, 6.45) is 1.92. The molecule has 0 nitrogen and oxygen atoms in total. The molecule has 1 aliphatic carbocycles. The minimum absolute atomic E-state index is 0.459. The second-order valence-corrected chi connectivity index (χ2v) is 4.93. The minimum Gasteiger partial charge on any atom is -0.247 e. The molecule has 2 rings (SSSR count). The van der Waals surface area contributed by atoms with Gasteiger partial charge in [0.1, 0.15) is 6.17 Å². The summed E-state index contributed by atoms with van der Waals surface area (Å²) in [6, 6.07) is 8.73. The van der Waals surface area contributed by atoms with E-state index in [0.717, 1.165) is 19.3 Å². The Labute approximate surface area is 91.5 Å². The minimum atomic E-state index is -0.570. The zero-order valence-electron chi connectivity index (χ0n) is 9.54. The maximum atomic E-state index is 13.1. The van der Waals surface area contributed by atoms with E-state index >= 15 is 0 Å². The van der Waals surface area contributed by atoms with E-state index in [4.69, 9.17) is 0 Å². The van der Waals surface area contributed by atoms with Gasteiger partial charge in [-0.3, -0.25) is 0 Å². The fourth-order valence-corrected chi connectivity index (χ4v) is 2.38. The SMILES string of the molecule is CC(C)c1ccc(C2CC[C@@H](F)C2)cc1. The molecule has 1 aliphatic rings. The van der Waals surface area contributed by atoms with Crippen LogP contribution in [0.5, 0.6) is 0 Å². The molecule has 1 heteroatoms. The van der Waals surface area contributed by atoms with Crippen LogP contribution >= 0.6 is 0 Å². The van der Waals surface area contributed by atoms with E-state index in [1.165, 1.54) is 11.1 Å². The number of alkyl halides is 1. The van der Waals surface area contributed by atoms with Crippen LogP contribution in [0.4, 0.5) is 4.39 Å². The van der Waals surface area contributed by atoms with Gasteiger partial charge in [-0.05, 0) is 42.2 Å². The molecule has 2 atom stereocenters. The highest BCUT2D eigenvalue weighted by molar-refractivity contribution is 5.27. The highest BCUT2D eigenvalue weighted by Crippen LogP contribution is 2.36. The molecule has 0 aromatic heterocycles. The van der Waals surface area contributed by atoms with Crippen molar-refractivity contribution in [3.63, 3.8) is 0 Å². The smallest absolute Gasteiger partial charge is 0.101 e. The van der Waals surface area contributed by atoms with E-state index in [0.29, 0.717) is 11.8 Å². The fraction of sp³-hybridized carbons (Fsp3) is 0.571. The lowest BCUT2D eigenvalue weighted by Gasteiger charge is -2.11. The summed E-state index contributed by atoms with van der Waals surface area (Å²) in [5.74, 6) is 1.04. The van der Waals surface area contributed by atoms with Crippen LogP contribution in [-0.4, -0.2) is 6.17 Å². The number of rotatable bonds is 2. The molecule has 15 heavy (non-hydrogen) atoms.